The summed E-state index contributed by atoms with van der Waals surface area (Å²) in [5, 5.41) is 7.90. The van der Waals surface area contributed by atoms with Gasteiger partial charge in [0.2, 0.25) is 5.91 Å². The number of benzene rings is 2. The molecule has 3 rings (SSSR count). The number of hydrogen-bond donors (Lipinski definition) is 3. The maximum atomic E-state index is 13.0. The monoisotopic (exact) mass is 494 g/mol. The van der Waals surface area contributed by atoms with Crippen molar-refractivity contribution in [3.63, 3.8) is 0 Å². The molecule has 0 unspecified atom stereocenters. The summed E-state index contributed by atoms with van der Waals surface area (Å²) in [4.78, 5) is 28.4. The predicted molar refractivity (Wildman–Crippen MR) is 142 cm³/mol. The molecule has 192 valence electrons. The lowest BCUT2D eigenvalue weighted by Gasteiger charge is -2.20. The first-order valence-corrected chi connectivity index (χ1v) is 11.8. The summed E-state index contributed by atoms with van der Waals surface area (Å²) in [6, 6.07) is 17.9. The van der Waals surface area contributed by atoms with E-state index < -0.39 is 11.6 Å². The van der Waals surface area contributed by atoms with Crippen LogP contribution in [-0.4, -0.2) is 29.0 Å². The fourth-order valence-electron chi connectivity index (χ4n) is 2.73. The van der Waals surface area contributed by atoms with Crippen molar-refractivity contribution in [2.24, 2.45) is 5.92 Å². The van der Waals surface area contributed by atoms with Crippen LogP contribution >= 0.6 is 0 Å². The van der Waals surface area contributed by atoms with Gasteiger partial charge in [0.25, 0.3) is 0 Å². The first kappa shape index (κ1) is 28.3. The van der Waals surface area contributed by atoms with E-state index in [4.69, 9.17) is 4.74 Å². The highest BCUT2D eigenvalue weighted by molar-refractivity contribution is 5.93. The Morgan fingerprint density at radius 1 is 0.917 bits per heavy atom. The van der Waals surface area contributed by atoms with Crippen molar-refractivity contribution in [3.8, 4) is 22.8 Å². The summed E-state index contributed by atoms with van der Waals surface area (Å²) < 4.78 is 18.7. The first-order valence-electron chi connectivity index (χ1n) is 11.8. The van der Waals surface area contributed by atoms with Crippen LogP contribution < -0.4 is 20.7 Å². The molecule has 0 fully saturated rings. The first-order chi connectivity index (χ1) is 16.9. The fraction of sp³-hybridized carbons (Fsp3) is 0.321. The Kier molecular flexibility index (Phi) is 10.4. The summed E-state index contributed by atoms with van der Waals surface area (Å²) in [6.07, 6.45) is 0. The van der Waals surface area contributed by atoms with Gasteiger partial charge >= 0.3 is 6.03 Å². The zero-order chi connectivity index (χ0) is 26.7. The molecule has 1 heterocycles. The second-order valence-electron chi connectivity index (χ2n) is 9.83. The maximum Gasteiger partial charge on any atom is 0.315 e. The fourth-order valence-corrected chi connectivity index (χ4v) is 2.73. The van der Waals surface area contributed by atoms with Gasteiger partial charge in [0.1, 0.15) is 23.1 Å². The third kappa shape index (κ3) is 11.0. The smallest absolute Gasteiger partial charge is 0.315 e. The second kappa shape index (κ2) is 13.2. The average Bonchev–Trinajstić information content (AvgIpc) is 2.78. The SMILES string of the molecule is CC(C)(C)NC(=O)NCC(=O)Nc1cccc(-c2ccc(Oc3ccc(F)cc3)cc2)n1.CC(C)C. The average molecular weight is 495 g/mol. The lowest BCUT2D eigenvalue weighted by molar-refractivity contribution is -0.115. The molecule has 0 saturated carbocycles. The molecule has 0 spiro atoms. The van der Waals surface area contributed by atoms with Crippen molar-refractivity contribution in [3.05, 3.63) is 72.5 Å². The highest BCUT2D eigenvalue weighted by Gasteiger charge is 2.14. The van der Waals surface area contributed by atoms with Crippen molar-refractivity contribution in [2.75, 3.05) is 11.9 Å². The molecule has 36 heavy (non-hydrogen) atoms. The molecule has 0 bridgehead atoms. The van der Waals surface area contributed by atoms with Gasteiger partial charge in [-0.25, -0.2) is 14.2 Å². The Labute approximate surface area is 212 Å². The molecule has 1 aromatic heterocycles. The van der Waals surface area contributed by atoms with E-state index in [0.717, 1.165) is 11.5 Å². The van der Waals surface area contributed by atoms with Crippen molar-refractivity contribution in [1.29, 1.82) is 0 Å². The molecule has 0 aliphatic heterocycles. The van der Waals surface area contributed by atoms with Gasteiger partial charge in [-0.05, 0) is 87.4 Å². The van der Waals surface area contributed by atoms with Crippen molar-refractivity contribution in [2.45, 2.75) is 47.1 Å². The minimum atomic E-state index is -0.419. The van der Waals surface area contributed by atoms with Crippen LogP contribution in [0.1, 0.15) is 41.5 Å². The van der Waals surface area contributed by atoms with E-state index in [0.29, 0.717) is 23.0 Å². The van der Waals surface area contributed by atoms with E-state index in [1.165, 1.54) is 12.1 Å². The lowest BCUT2D eigenvalue weighted by Crippen LogP contribution is -2.48. The van der Waals surface area contributed by atoms with E-state index in [1.54, 1.807) is 36.4 Å². The van der Waals surface area contributed by atoms with Gasteiger partial charge in [0.05, 0.1) is 12.2 Å². The van der Waals surface area contributed by atoms with Crippen molar-refractivity contribution in [1.82, 2.24) is 15.6 Å². The molecule has 0 saturated heterocycles. The number of aromatic nitrogens is 1. The van der Waals surface area contributed by atoms with Crippen LogP contribution in [0.2, 0.25) is 0 Å². The molecule has 8 heteroatoms. The molecule has 2 aromatic carbocycles. The standard InChI is InChI=1S/C24H25FN4O3.C4H10/c1-24(2,3)29-23(31)26-15-22(30)28-21-6-4-5-20(27-21)16-7-11-18(12-8-16)32-19-13-9-17(25)10-14-19;1-4(2)3/h4-14H,15H2,1-3H3,(H2,26,29,31)(H,27,28,30);4H,1-3H3. The van der Waals surface area contributed by atoms with E-state index in [2.05, 4.69) is 41.7 Å². The van der Waals surface area contributed by atoms with Gasteiger partial charge < -0.3 is 20.7 Å². The molecule has 0 aliphatic rings. The summed E-state index contributed by atoms with van der Waals surface area (Å²) in [5.74, 6) is 1.63. The number of carbonyl (C=O) groups is 2. The Hall–Kier alpha value is -3.94. The van der Waals surface area contributed by atoms with E-state index >= 15 is 0 Å². The summed E-state index contributed by atoms with van der Waals surface area (Å²) in [6.45, 7) is 11.9. The summed E-state index contributed by atoms with van der Waals surface area (Å²) >= 11 is 0. The normalized spacial score (nSPS) is 10.7. The van der Waals surface area contributed by atoms with Crippen molar-refractivity contribution < 1.29 is 18.7 Å². The predicted octanol–water partition coefficient (Wildman–Crippen LogP) is 6.38. The van der Waals surface area contributed by atoms with Crippen LogP contribution in [0.3, 0.4) is 0 Å². The molecule has 0 aliphatic carbocycles. The van der Waals surface area contributed by atoms with Crippen LogP contribution in [0.4, 0.5) is 15.0 Å². The van der Waals surface area contributed by atoms with Crippen LogP contribution in [0.25, 0.3) is 11.3 Å². The number of halogens is 1. The zero-order valence-corrected chi connectivity index (χ0v) is 21.7. The molecule has 0 atom stereocenters. The van der Waals surface area contributed by atoms with Crippen LogP contribution in [-0.2, 0) is 4.79 Å². The number of nitrogens with one attached hydrogen (secondary N) is 3. The second-order valence-corrected chi connectivity index (χ2v) is 9.83. The summed E-state index contributed by atoms with van der Waals surface area (Å²) in [5.41, 5.74) is 1.10. The van der Waals surface area contributed by atoms with Gasteiger partial charge in [-0.1, -0.05) is 26.8 Å². The molecule has 3 N–H and O–H groups in total. The number of urea groups is 1. The van der Waals surface area contributed by atoms with E-state index in [-0.39, 0.29) is 18.3 Å². The summed E-state index contributed by atoms with van der Waals surface area (Å²) in [7, 11) is 0. The number of hydrogen-bond acceptors (Lipinski definition) is 4. The topological polar surface area (TPSA) is 92.4 Å². The van der Waals surface area contributed by atoms with Crippen molar-refractivity contribution >= 4 is 17.8 Å². The molecular weight excluding hydrogens is 459 g/mol. The quantitative estimate of drug-likeness (QED) is 0.371. The Morgan fingerprint density at radius 3 is 2.03 bits per heavy atom. The highest BCUT2D eigenvalue weighted by Crippen LogP contribution is 2.25. The Morgan fingerprint density at radius 2 is 1.47 bits per heavy atom. The minimum absolute atomic E-state index is 0.177. The number of rotatable bonds is 6. The number of amides is 3. The molecular formula is C28H35FN4O3. The maximum absolute atomic E-state index is 13.0. The van der Waals surface area contributed by atoms with Crippen LogP contribution in [0.5, 0.6) is 11.5 Å². The van der Waals surface area contributed by atoms with Gasteiger partial charge in [-0.15, -0.1) is 0 Å². The van der Waals surface area contributed by atoms with Gasteiger partial charge in [0, 0.05) is 11.1 Å². The van der Waals surface area contributed by atoms with Crippen LogP contribution in [0, 0.1) is 11.7 Å². The molecule has 3 amide bonds. The van der Waals surface area contributed by atoms with Gasteiger partial charge in [-0.2, -0.15) is 0 Å². The van der Waals surface area contributed by atoms with Gasteiger partial charge in [-0.3, -0.25) is 4.79 Å². The number of nitrogens with zero attached hydrogens (tertiary/aromatic N) is 1. The largest absolute Gasteiger partial charge is 0.457 e. The van der Waals surface area contributed by atoms with Crippen LogP contribution in [0.15, 0.2) is 66.7 Å². The Bertz CT molecular complexity index is 1120. The third-order valence-corrected chi connectivity index (χ3v) is 4.11. The zero-order valence-electron chi connectivity index (χ0n) is 21.7. The Balaban J connectivity index is 0.00000106. The van der Waals surface area contributed by atoms with E-state index in [1.807, 2.05) is 39.0 Å². The number of ether oxygens (including phenoxy) is 1. The molecule has 7 nitrogen and oxygen atoms in total. The molecule has 0 radical (unpaired) electrons. The number of anilines is 1. The number of pyridine rings is 1. The molecule has 3 aromatic rings. The van der Waals surface area contributed by atoms with Gasteiger partial charge in [0.15, 0.2) is 0 Å². The number of carbonyl (C=O) groups excluding carboxylic acids is 2. The minimum Gasteiger partial charge on any atom is -0.457 e. The van der Waals surface area contributed by atoms with E-state index in [9.17, 15) is 14.0 Å². The third-order valence-electron chi connectivity index (χ3n) is 4.11. The highest BCUT2D eigenvalue weighted by atomic mass is 19.1. The lowest BCUT2D eigenvalue weighted by atomic mass is 10.1.